The zero-order chi connectivity index (χ0) is 27.0. The second-order valence-electron chi connectivity index (χ2n) is 12.8. The Kier molecular flexibility index (Phi) is 7.82. The smallest absolute Gasteiger partial charge is 0.310 e. The van der Waals surface area contributed by atoms with Crippen LogP contribution in [0.15, 0.2) is 24.3 Å². The van der Waals surface area contributed by atoms with Crippen LogP contribution in [0.1, 0.15) is 92.6 Å². The second-order valence-corrected chi connectivity index (χ2v) is 12.8. The number of hydrogen-bond acceptors (Lipinski definition) is 4. The van der Waals surface area contributed by atoms with Crippen molar-refractivity contribution < 1.29 is 14.3 Å². The van der Waals surface area contributed by atoms with Gasteiger partial charge in [-0.05, 0) is 101 Å². The summed E-state index contributed by atoms with van der Waals surface area (Å²) in [5.41, 5.74) is 4.88. The van der Waals surface area contributed by atoms with Crippen molar-refractivity contribution in [3.63, 3.8) is 0 Å². The van der Waals surface area contributed by atoms with Gasteiger partial charge in [-0.2, -0.15) is 5.10 Å². The molecule has 4 aliphatic rings. The van der Waals surface area contributed by atoms with E-state index in [1.54, 1.807) is 11.6 Å². The van der Waals surface area contributed by atoms with Crippen LogP contribution >= 0.6 is 0 Å². The normalized spacial score (nSPS) is 26.2. The first kappa shape index (κ1) is 26.9. The molecule has 2 atom stereocenters. The van der Waals surface area contributed by atoms with Crippen molar-refractivity contribution in [2.45, 2.75) is 89.5 Å². The molecule has 3 fully saturated rings. The monoisotopic (exact) mass is 536 g/mol. The molecule has 39 heavy (non-hydrogen) atoms. The molecule has 0 amide bonds. The number of carbonyl (C=O) groups is 1. The quantitative estimate of drug-likeness (QED) is 0.485. The number of halogens is 1. The van der Waals surface area contributed by atoms with E-state index in [4.69, 9.17) is 5.10 Å². The second kappa shape index (κ2) is 11.3. The lowest BCUT2D eigenvalue weighted by molar-refractivity contribution is -0.149. The third-order valence-corrected chi connectivity index (χ3v) is 10.4. The van der Waals surface area contributed by atoms with Gasteiger partial charge in [0.15, 0.2) is 0 Å². The highest BCUT2D eigenvalue weighted by Crippen LogP contribution is 2.43. The first-order valence-electron chi connectivity index (χ1n) is 15.5. The van der Waals surface area contributed by atoms with E-state index in [9.17, 15) is 14.3 Å². The van der Waals surface area contributed by atoms with Gasteiger partial charge in [-0.25, -0.2) is 4.39 Å². The molecule has 0 spiro atoms. The van der Waals surface area contributed by atoms with Crippen molar-refractivity contribution in [2.24, 2.45) is 11.3 Å². The van der Waals surface area contributed by atoms with Gasteiger partial charge in [-0.1, -0.05) is 25.0 Å². The highest BCUT2D eigenvalue weighted by molar-refractivity contribution is 5.75. The summed E-state index contributed by atoms with van der Waals surface area (Å²) >= 11 is 0. The number of nitrogens with zero attached hydrogens (tertiary/aromatic N) is 4. The summed E-state index contributed by atoms with van der Waals surface area (Å²) in [6, 6.07) is 7.11. The van der Waals surface area contributed by atoms with E-state index >= 15 is 0 Å². The Hall–Kier alpha value is -2.25. The van der Waals surface area contributed by atoms with E-state index in [0.29, 0.717) is 18.4 Å². The van der Waals surface area contributed by atoms with Gasteiger partial charge in [0.05, 0.1) is 11.1 Å². The average molecular weight is 537 g/mol. The van der Waals surface area contributed by atoms with Crippen LogP contribution in [0, 0.1) is 17.2 Å². The van der Waals surface area contributed by atoms with Crippen LogP contribution < -0.4 is 0 Å². The van der Waals surface area contributed by atoms with Gasteiger partial charge in [0, 0.05) is 50.3 Å². The number of aliphatic carboxylic acids is 1. The Morgan fingerprint density at radius 3 is 2.56 bits per heavy atom. The summed E-state index contributed by atoms with van der Waals surface area (Å²) in [6.07, 6.45) is 10.8. The predicted molar refractivity (Wildman–Crippen MR) is 151 cm³/mol. The highest BCUT2D eigenvalue weighted by atomic mass is 19.1. The Bertz CT molecular complexity index is 1160. The molecule has 6 nitrogen and oxygen atoms in total. The molecule has 0 radical (unpaired) electrons. The molecular weight excluding hydrogens is 491 g/mol. The lowest BCUT2D eigenvalue weighted by Gasteiger charge is -2.35. The minimum atomic E-state index is -0.638. The molecule has 2 saturated heterocycles. The van der Waals surface area contributed by atoms with Crippen LogP contribution in [0.25, 0.3) is 0 Å². The number of aromatic nitrogens is 2. The minimum Gasteiger partial charge on any atom is -0.481 e. The number of rotatable bonds is 8. The van der Waals surface area contributed by atoms with E-state index in [1.165, 1.54) is 49.6 Å². The maximum Gasteiger partial charge on any atom is 0.310 e. The zero-order valence-corrected chi connectivity index (χ0v) is 23.6. The van der Waals surface area contributed by atoms with E-state index in [2.05, 4.69) is 27.5 Å². The summed E-state index contributed by atoms with van der Waals surface area (Å²) < 4.78 is 16.5. The third-order valence-electron chi connectivity index (χ3n) is 10.4. The van der Waals surface area contributed by atoms with Crippen LogP contribution in [-0.4, -0.2) is 69.9 Å². The van der Waals surface area contributed by atoms with Crippen molar-refractivity contribution in [3.8, 4) is 0 Å². The summed E-state index contributed by atoms with van der Waals surface area (Å²) in [7, 11) is 0. The van der Waals surface area contributed by atoms with Gasteiger partial charge in [-0.15, -0.1) is 0 Å². The van der Waals surface area contributed by atoms with E-state index in [1.807, 2.05) is 6.07 Å². The minimum absolute atomic E-state index is 0.181. The first-order chi connectivity index (χ1) is 19.0. The zero-order valence-electron chi connectivity index (χ0n) is 23.6. The number of likely N-dealkylation sites (tertiary alicyclic amines) is 2. The Balaban J connectivity index is 1.15. The Morgan fingerprint density at radius 2 is 1.85 bits per heavy atom. The summed E-state index contributed by atoms with van der Waals surface area (Å²) in [5, 5.41) is 15.1. The number of benzene rings is 1. The van der Waals surface area contributed by atoms with Gasteiger partial charge in [0.2, 0.25) is 0 Å². The van der Waals surface area contributed by atoms with Crippen molar-refractivity contribution >= 4 is 5.97 Å². The van der Waals surface area contributed by atoms with Crippen LogP contribution in [0.5, 0.6) is 0 Å². The first-order valence-corrected chi connectivity index (χ1v) is 15.5. The van der Waals surface area contributed by atoms with Crippen molar-refractivity contribution in [2.75, 3.05) is 39.3 Å². The number of carboxylic acids is 1. The molecule has 7 heteroatoms. The molecule has 2 aliphatic carbocycles. The maximum absolute atomic E-state index is 14.2. The molecule has 1 N–H and O–H groups in total. The van der Waals surface area contributed by atoms with E-state index < -0.39 is 11.4 Å². The molecule has 0 bridgehead atoms. The van der Waals surface area contributed by atoms with Gasteiger partial charge in [0.25, 0.3) is 0 Å². The van der Waals surface area contributed by atoms with Crippen molar-refractivity contribution in [1.29, 1.82) is 0 Å². The summed E-state index contributed by atoms with van der Waals surface area (Å²) in [6.45, 7) is 8.67. The fourth-order valence-electron chi connectivity index (χ4n) is 8.36. The summed E-state index contributed by atoms with van der Waals surface area (Å²) in [4.78, 5) is 17.3. The van der Waals surface area contributed by atoms with Crippen LogP contribution in [-0.2, 0) is 24.2 Å². The topological polar surface area (TPSA) is 61.6 Å². The van der Waals surface area contributed by atoms with Gasteiger partial charge in [0.1, 0.15) is 5.82 Å². The number of fused-ring (bicyclic) bond motifs is 1. The number of carboxylic acid groups (broad SMARTS) is 1. The Morgan fingerprint density at radius 1 is 1.08 bits per heavy atom. The molecule has 2 aromatic rings. The molecule has 1 aromatic carbocycles. The number of aryl methyl sites for hydroxylation is 2. The molecule has 0 unspecified atom stereocenters. The van der Waals surface area contributed by atoms with E-state index in [-0.39, 0.29) is 11.7 Å². The van der Waals surface area contributed by atoms with E-state index in [0.717, 1.165) is 76.9 Å². The molecule has 2 aliphatic heterocycles. The lowest BCUT2D eigenvalue weighted by Crippen LogP contribution is -2.41. The van der Waals surface area contributed by atoms with Crippen molar-refractivity contribution in [1.82, 2.24) is 19.6 Å². The standard InChI is InChI=1S/C32H45FN4O2/c1-2-37-30(27-10-3-4-11-29(27)34-37)23-12-16-35(17-13-23)19-25-20-36(22-32(31(38)39)14-5-6-15-32)21-28(25)24-8-7-9-26(33)18-24/h7-9,18,23,25,28H,2-6,10-17,19-22H2,1H3,(H,38,39)/t25-,28-/m1/s1. The van der Waals surface area contributed by atoms with Crippen molar-refractivity contribution in [3.05, 3.63) is 52.6 Å². The van der Waals surface area contributed by atoms with Gasteiger partial charge < -0.3 is 14.9 Å². The molecule has 6 rings (SSSR count). The SMILES string of the molecule is CCn1nc2c(c1C1CCN(C[C@@H]3CN(CC4(C(=O)O)CCCC4)C[C@@H]3c3cccc(F)c3)CC1)CCCC2. The highest BCUT2D eigenvalue weighted by Gasteiger charge is 2.45. The largest absolute Gasteiger partial charge is 0.481 e. The van der Waals surface area contributed by atoms with Gasteiger partial charge >= 0.3 is 5.97 Å². The lowest BCUT2D eigenvalue weighted by atomic mass is 9.85. The molecular formula is C32H45FN4O2. The predicted octanol–water partition coefficient (Wildman–Crippen LogP) is 5.46. The number of hydrogen-bond donors (Lipinski definition) is 1. The average Bonchev–Trinajstić information content (AvgIpc) is 3.67. The fourth-order valence-corrected chi connectivity index (χ4v) is 8.36. The van der Waals surface area contributed by atoms with Crippen LogP contribution in [0.4, 0.5) is 4.39 Å². The third kappa shape index (κ3) is 5.41. The molecule has 1 saturated carbocycles. The fraction of sp³-hybridized carbons (Fsp3) is 0.688. The van der Waals surface area contributed by atoms with Gasteiger partial charge in [-0.3, -0.25) is 9.48 Å². The summed E-state index contributed by atoms with van der Waals surface area (Å²) in [5.74, 6) is 0.386. The van der Waals surface area contributed by atoms with Crippen LogP contribution in [0.3, 0.4) is 0 Å². The Labute approximate surface area is 232 Å². The van der Waals surface area contributed by atoms with Crippen LogP contribution in [0.2, 0.25) is 0 Å². The molecule has 1 aromatic heterocycles. The number of piperidine rings is 1. The maximum atomic E-state index is 14.2. The molecule has 3 heterocycles. The molecule has 212 valence electrons.